The van der Waals surface area contributed by atoms with Crippen LogP contribution in [0.3, 0.4) is 0 Å². The van der Waals surface area contributed by atoms with Gasteiger partial charge in [-0.3, -0.25) is 9.59 Å². The highest BCUT2D eigenvalue weighted by Crippen LogP contribution is 2.17. The molecule has 0 saturated carbocycles. The molecule has 0 heterocycles. The molecule has 0 unspecified atom stereocenters. The Morgan fingerprint density at radius 2 is 1.32 bits per heavy atom. The summed E-state index contributed by atoms with van der Waals surface area (Å²) in [6.07, 6.45) is 5.61. The molecule has 0 aromatic heterocycles. The SMILES string of the molecule is CCOC(=O)C/C(C(=O)/C=C/c1ccc(OC)cc1)=C(O)\C=C\c1ccc(OC)cc1. The minimum Gasteiger partial charge on any atom is -0.508 e. The average molecular weight is 422 g/mol. The van der Waals surface area contributed by atoms with E-state index in [1.54, 1.807) is 81.8 Å². The first-order chi connectivity index (χ1) is 15.0. The Kier molecular flexibility index (Phi) is 9.11. The van der Waals surface area contributed by atoms with E-state index >= 15 is 0 Å². The molecular formula is C25H26O6. The zero-order chi connectivity index (χ0) is 22.6. The third-order valence-electron chi connectivity index (χ3n) is 4.33. The van der Waals surface area contributed by atoms with Crippen molar-refractivity contribution in [3.8, 4) is 11.5 Å². The van der Waals surface area contributed by atoms with Gasteiger partial charge < -0.3 is 19.3 Å². The van der Waals surface area contributed by atoms with Gasteiger partial charge in [0.2, 0.25) is 0 Å². The smallest absolute Gasteiger partial charge is 0.310 e. The molecule has 0 saturated heterocycles. The molecule has 0 fully saturated rings. The van der Waals surface area contributed by atoms with Gasteiger partial charge >= 0.3 is 5.97 Å². The maximum Gasteiger partial charge on any atom is 0.310 e. The molecule has 31 heavy (non-hydrogen) atoms. The fourth-order valence-corrected chi connectivity index (χ4v) is 2.64. The third kappa shape index (κ3) is 7.51. The van der Waals surface area contributed by atoms with E-state index in [2.05, 4.69) is 0 Å². The molecule has 0 radical (unpaired) electrons. The van der Waals surface area contributed by atoms with Crippen molar-refractivity contribution < 1.29 is 28.9 Å². The first-order valence-electron chi connectivity index (χ1n) is 9.73. The second-order valence-electron chi connectivity index (χ2n) is 6.42. The lowest BCUT2D eigenvalue weighted by molar-refractivity contribution is -0.142. The largest absolute Gasteiger partial charge is 0.508 e. The monoisotopic (exact) mass is 422 g/mol. The fraction of sp³-hybridized carbons (Fsp3) is 0.200. The summed E-state index contributed by atoms with van der Waals surface area (Å²) in [5.74, 6) is 0.0357. The van der Waals surface area contributed by atoms with Crippen LogP contribution in [0.2, 0.25) is 0 Å². The second-order valence-corrected chi connectivity index (χ2v) is 6.42. The van der Waals surface area contributed by atoms with Gasteiger partial charge in [-0.05, 0) is 54.5 Å². The van der Waals surface area contributed by atoms with Crippen LogP contribution in [0.5, 0.6) is 11.5 Å². The van der Waals surface area contributed by atoms with Gasteiger partial charge in [-0.1, -0.05) is 36.4 Å². The zero-order valence-electron chi connectivity index (χ0n) is 17.8. The van der Waals surface area contributed by atoms with E-state index in [4.69, 9.17) is 14.2 Å². The second kappa shape index (κ2) is 12.0. The number of aliphatic hydroxyl groups excluding tert-OH is 1. The Labute approximate surface area is 182 Å². The standard InChI is InChI=1S/C25H26O6/c1-4-31-25(28)17-22(23(26)15-9-18-5-11-20(29-2)12-6-18)24(27)16-10-19-7-13-21(30-3)14-8-19/h5-16,26H,4,17H2,1-3H3/b15-9+,16-10+,23-22-. The molecule has 2 rings (SSSR count). The van der Waals surface area contributed by atoms with Crippen molar-refractivity contribution in [1.82, 2.24) is 0 Å². The molecule has 1 N–H and O–H groups in total. The van der Waals surface area contributed by atoms with Gasteiger partial charge in [-0.2, -0.15) is 0 Å². The summed E-state index contributed by atoms with van der Waals surface area (Å²) in [7, 11) is 3.15. The van der Waals surface area contributed by atoms with Gasteiger partial charge in [0, 0.05) is 0 Å². The molecule has 2 aromatic rings. The normalized spacial score (nSPS) is 12.0. The van der Waals surface area contributed by atoms with Crippen LogP contribution >= 0.6 is 0 Å². The molecule has 0 aliphatic rings. The van der Waals surface area contributed by atoms with E-state index in [-0.39, 0.29) is 24.4 Å². The molecule has 6 heteroatoms. The van der Waals surface area contributed by atoms with Gasteiger partial charge in [-0.15, -0.1) is 0 Å². The predicted molar refractivity (Wildman–Crippen MR) is 120 cm³/mol. The Bertz CT molecular complexity index is 966. The van der Waals surface area contributed by atoms with Gasteiger partial charge in [0.25, 0.3) is 0 Å². The summed E-state index contributed by atoms with van der Waals surface area (Å²) in [5, 5.41) is 10.5. The average Bonchev–Trinajstić information content (AvgIpc) is 2.80. The molecule has 0 bridgehead atoms. The topological polar surface area (TPSA) is 82.1 Å². The highest BCUT2D eigenvalue weighted by molar-refractivity contribution is 6.09. The third-order valence-corrected chi connectivity index (χ3v) is 4.33. The van der Waals surface area contributed by atoms with Crippen molar-refractivity contribution in [2.75, 3.05) is 20.8 Å². The van der Waals surface area contributed by atoms with Crippen LogP contribution in [0.15, 0.2) is 72.0 Å². The van der Waals surface area contributed by atoms with Crippen molar-refractivity contribution in [1.29, 1.82) is 0 Å². The maximum atomic E-state index is 12.7. The fourth-order valence-electron chi connectivity index (χ4n) is 2.64. The van der Waals surface area contributed by atoms with Gasteiger partial charge in [-0.25, -0.2) is 0 Å². The molecule has 0 spiro atoms. The number of carbonyl (C=O) groups is 2. The number of benzene rings is 2. The Balaban J connectivity index is 2.25. The number of esters is 1. The van der Waals surface area contributed by atoms with E-state index in [1.807, 2.05) is 0 Å². The number of methoxy groups -OCH3 is 2. The number of hydrogen-bond acceptors (Lipinski definition) is 6. The van der Waals surface area contributed by atoms with E-state index in [0.29, 0.717) is 11.5 Å². The number of carbonyl (C=O) groups excluding carboxylic acids is 2. The molecule has 2 aromatic carbocycles. The zero-order valence-corrected chi connectivity index (χ0v) is 17.8. The minimum atomic E-state index is -0.590. The van der Waals surface area contributed by atoms with Gasteiger partial charge in [0.15, 0.2) is 5.78 Å². The Morgan fingerprint density at radius 3 is 1.77 bits per heavy atom. The van der Waals surface area contributed by atoms with Crippen LogP contribution in [-0.2, 0) is 14.3 Å². The number of ether oxygens (including phenoxy) is 3. The van der Waals surface area contributed by atoms with Crippen LogP contribution < -0.4 is 9.47 Å². The van der Waals surface area contributed by atoms with Crippen molar-refractivity contribution in [3.63, 3.8) is 0 Å². The van der Waals surface area contributed by atoms with Crippen LogP contribution in [0.1, 0.15) is 24.5 Å². The van der Waals surface area contributed by atoms with Gasteiger partial charge in [0.1, 0.15) is 17.3 Å². The summed E-state index contributed by atoms with van der Waals surface area (Å²) in [6.45, 7) is 1.86. The first-order valence-corrected chi connectivity index (χ1v) is 9.73. The maximum absolute atomic E-state index is 12.7. The molecule has 0 atom stereocenters. The van der Waals surface area contributed by atoms with E-state index in [0.717, 1.165) is 11.1 Å². The van der Waals surface area contributed by atoms with E-state index in [1.165, 1.54) is 12.2 Å². The lowest BCUT2D eigenvalue weighted by atomic mass is 10.0. The highest BCUT2D eigenvalue weighted by Gasteiger charge is 2.17. The number of rotatable bonds is 10. The van der Waals surface area contributed by atoms with Gasteiger partial charge in [0.05, 0.1) is 32.8 Å². The number of ketones is 1. The summed E-state index contributed by atoms with van der Waals surface area (Å²) in [6, 6.07) is 14.3. The first kappa shape index (κ1) is 23.5. The van der Waals surface area contributed by atoms with Crippen molar-refractivity contribution in [2.24, 2.45) is 0 Å². The van der Waals surface area contributed by atoms with E-state index < -0.39 is 11.8 Å². The number of allylic oxidation sites excluding steroid dienone is 2. The highest BCUT2D eigenvalue weighted by atomic mass is 16.5. The Morgan fingerprint density at radius 1 is 0.839 bits per heavy atom. The van der Waals surface area contributed by atoms with Crippen LogP contribution in [0.4, 0.5) is 0 Å². The quantitative estimate of drug-likeness (QED) is 0.257. The number of aliphatic hydroxyl groups is 1. The molecular weight excluding hydrogens is 396 g/mol. The summed E-state index contributed by atoms with van der Waals surface area (Å²) < 4.78 is 15.2. The molecule has 0 amide bonds. The van der Waals surface area contributed by atoms with Crippen LogP contribution in [0.25, 0.3) is 12.2 Å². The number of hydrogen-bond donors (Lipinski definition) is 1. The van der Waals surface area contributed by atoms with Crippen molar-refractivity contribution >= 4 is 23.9 Å². The van der Waals surface area contributed by atoms with Crippen LogP contribution in [-0.4, -0.2) is 37.7 Å². The summed E-state index contributed by atoms with van der Waals surface area (Å²) >= 11 is 0. The van der Waals surface area contributed by atoms with Crippen LogP contribution in [0, 0.1) is 0 Å². The summed E-state index contributed by atoms with van der Waals surface area (Å²) in [4.78, 5) is 24.7. The lowest BCUT2D eigenvalue weighted by Crippen LogP contribution is -2.11. The van der Waals surface area contributed by atoms with Crippen molar-refractivity contribution in [2.45, 2.75) is 13.3 Å². The molecule has 0 aliphatic heterocycles. The molecule has 0 aliphatic carbocycles. The lowest BCUT2D eigenvalue weighted by Gasteiger charge is -2.06. The Hall–Kier alpha value is -3.80. The van der Waals surface area contributed by atoms with Crippen molar-refractivity contribution in [3.05, 3.63) is 83.1 Å². The predicted octanol–water partition coefficient (Wildman–Crippen LogP) is 4.76. The van der Waals surface area contributed by atoms with E-state index in [9.17, 15) is 14.7 Å². The molecule has 6 nitrogen and oxygen atoms in total. The minimum absolute atomic E-state index is 0.0482. The summed E-state index contributed by atoms with van der Waals surface area (Å²) in [5.41, 5.74) is 1.52. The molecule has 162 valence electrons.